The maximum Gasteiger partial charge on any atom is 0.0937 e. The highest BCUT2D eigenvalue weighted by atomic mass is 14.3. The van der Waals surface area contributed by atoms with Crippen molar-refractivity contribution in [3.8, 4) is 0 Å². The van der Waals surface area contributed by atoms with Crippen molar-refractivity contribution < 1.29 is 0 Å². The Balaban J connectivity index is 2.96. The lowest BCUT2D eigenvalue weighted by molar-refractivity contribution is 1.60. The minimum Gasteiger partial charge on any atom is -0.325 e. The standard InChI is InChI=1S/CH2B4N/c2-4-5(3)1-6/h1,6H. The molecule has 0 amide bonds. The highest BCUT2D eigenvalue weighted by Gasteiger charge is 1.92. The third-order valence-corrected chi connectivity index (χ3v) is 0.415. The molecule has 0 atom stereocenters. The zero-order valence-corrected chi connectivity index (χ0v) is 3.39. The summed E-state index contributed by atoms with van der Waals surface area (Å²) in [6, 6.07) is 0. The summed E-state index contributed by atoms with van der Waals surface area (Å²) < 4.78 is 0. The summed E-state index contributed by atoms with van der Waals surface area (Å²) in [6.45, 7) is -0.370. The molecule has 1 N–H and O–H groups in total. The van der Waals surface area contributed by atoms with E-state index < -0.39 is 0 Å². The lowest BCUT2D eigenvalue weighted by Gasteiger charge is -1.86. The first kappa shape index (κ1) is 5.93. The summed E-state index contributed by atoms with van der Waals surface area (Å²) in [7, 11) is 11.2. The summed E-state index contributed by atoms with van der Waals surface area (Å²) in [5.41, 5.74) is 0. The monoisotopic (exact) mass is 72.1 g/mol. The quantitative estimate of drug-likeness (QED) is 0.306. The van der Waals surface area contributed by atoms with Gasteiger partial charge in [-0.15, -0.1) is 0 Å². The average Bonchev–Trinajstić information content (AvgIpc) is 1.65. The molecule has 0 bridgehead atoms. The Labute approximate surface area is 41.5 Å². The van der Waals surface area contributed by atoms with Gasteiger partial charge in [-0.3, -0.25) is 0 Å². The minimum absolute atomic E-state index is 0.370. The van der Waals surface area contributed by atoms with Gasteiger partial charge < -0.3 is 5.41 Å². The molecule has 0 aliphatic carbocycles. The van der Waals surface area contributed by atoms with Gasteiger partial charge in [0, 0.05) is 22.5 Å². The van der Waals surface area contributed by atoms with E-state index in [1.54, 1.807) is 0 Å². The Hall–Kier alpha value is -0.0703. The van der Waals surface area contributed by atoms with E-state index in [0.29, 0.717) is 0 Å². The van der Waals surface area contributed by atoms with Crippen LogP contribution in [0.4, 0.5) is 0 Å². The summed E-state index contributed by atoms with van der Waals surface area (Å²) >= 11 is 0. The topological polar surface area (TPSA) is 23.9 Å². The van der Waals surface area contributed by atoms with Gasteiger partial charge in [-0.2, -0.15) is 0 Å². The molecule has 0 aromatic heterocycles. The third kappa shape index (κ3) is 2.18. The Bertz CT molecular complexity index is 44.8. The fraction of sp³-hybridized carbons (Fsp3) is 0. The predicted molar refractivity (Wildman–Crippen MR) is 31.8 cm³/mol. The van der Waals surface area contributed by atoms with Gasteiger partial charge in [0.15, 0.2) is 0 Å². The highest BCUT2D eigenvalue weighted by molar-refractivity contribution is 7.54. The van der Waals surface area contributed by atoms with Gasteiger partial charge >= 0.3 is 0 Å². The van der Waals surface area contributed by atoms with Crippen LogP contribution in [0.25, 0.3) is 0 Å². The van der Waals surface area contributed by atoms with E-state index in [2.05, 4.69) is 0 Å². The smallest absolute Gasteiger partial charge is 0.0937 e. The van der Waals surface area contributed by atoms with Crippen LogP contribution < -0.4 is 0 Å². The zero-order valence-electron chi connectivity index (χ0n) is 3.39. The zero-order chi connectivity index (χ0) is 4.99. The first-order chi connectivity index (χ1) is 2.81. The number of rotatable bonds is 2. The second-order valence-electron chi connectivity index (χ2n) is 0.936. The van der Waals surface area contributed by atoms with Gasteiger partial charge in [-0.1, -0.05) is 6.11 Å². The normalized spacial score (nSPS) is 6.67. The van der Waals surface area contributed by atoms with Gasteiger partial charge in [0.1, 0.15) is 0 Å². The van der Waals surface area contributed by atoms with Crippen molar-refractivity contribution in [2.45, 2.75) is 0 Å². The largest absolute Gasteiger partial charge is 0.325 e. The van der Waals surface area contributed by atoms with Gasteiger partial charge in [-0.25, -0.2) is 0 Å². The maximum atomic E-state index is 6.45. The molecule has 0 unspecified atom stereocenters. The van der Waals surface area contributed by atoms with E-state index in [1.165, 1.54) is 7.06 Å². The summed E-state index contributed by atoms with van der Waals surface area (Å²) in [5, 5.41) is 6.45. The lowest BCUT2D eigenvalue weighted by Crippen LogP contribution is -2.24. The van der Waals surface area contributed by atoms with Gasteiger partial charge in [0.05, 0.1) is 6.49 Å². The first-order valence-electron chi connectivity index (χ1n) is 1.62. The van der Waals surface area contributed by atoms with Crippen LogP contribution >= 0.6 is 0 Å². The molecule has 1 nitrogen and oxygen atoms in total. The van der Waals surface area contributed by atoms with Crippen LogP contribution in [-0.4, -0.2) is 35.1 Å². The fourth-order valence-electron chi connectivity index (χ4n) is 0.0556. The molecule has 0 aromatic carbocycles. The van der Waals surface area contributed by atoms with Crippen molar-refractivity contribution in [2.75, 3.05) is 0 Å². The van der Waals surface area contributed by atoms with Crippen LogP contribution in [0.2, 0.25) is 0 Å². The molecule has 0 heterocycles. The molecule has 0 fully saturated rings. The van der Waals surface area contributed by atoms with Crippen molar-refractivity contribution in [1.29, 1.82) is 5.41 Å². The molecule has 0 spiro atoms. The molecule has 0 aliphatic heterocycles. The second kappa shape index (κ2) is 3.13. The van der Waals surface area contributed by atoms with Crippen LogP contribution in [0, 0.1) is 5.41 Å². The molecular formula is CH2B4N. The average molecular weight is 71.3 g/mol. The molecule has 5 radical (unpaired) electrons. The highest BCUT2D eigenvalue weighted by Crippen LogP contribution is 1.54. The number of nitrogens with one attached hydrogen (secondary N) is 1. The Morgan fingerprint density at radius 1 is 1.83 bits per heavy atom. The van der Waals surface area contributed by atoms with E-state index >= 15 is 0 Å². The van der Waals surface area contributed by atoms with Crippen LogP contribution in [0.1, 0.15) is 0 Å². The minimum atomic E-state index is -0.370. The molecule has 5 heteroatoms. The van der Waals surface area contributed by atoms with Crippen LogP contribution in [0.15, 0.2) is 0 Å². The van der Waals surface area contributed by atoms with E-state index in [4.69, 9.17) is 20.9 Å². The fourth-order valence-corrected chi connectivity index (χ4v) is 0.0556. The van der Waals surface area contributed by atoms with Crippen molar-refractivity contribution in [2.24, 2.45) is 0 Å². The van der Waals surface area contributed by atoms with E-state index in [9.17, 15) is 0 Å². The molecule has 0 aromatic rings. The maximum absolute atomic E-state index is 6.45. The van der Waals surface area contributed by atoms with Gasteiger partial charge in [0.2, 0.25) is 0 Å². The number of hydrogen-bond donors (Lipinski definition) is 1. The van der Waals surface area contributed by atoms with Gasteiger partial charge in [0.25, 0.3) is 0 Å². The van der Waals surface area contributed by atoms with Crippen molar-refractivity contribution in [3.63, 3.8) is 0 Å². The van der Waals surface area contributed by atoms with Crippen molar-refractivity contribution >= 4 is 35.1 Å². The SMILES string of the molecule is [B][B]B([B])C=N. The van der Waals surface area contributed by atoms with Crippen molar-refractivity contribution in [1.82, 2.24) is 0 Å². The summed E-state index contributed by atoms with van der Waals surface area (Å²) in [4.78, 5) is 0. The Morgan fingerprint density at radius 2 is 2.33 bits per heavy atom. The molecule has 0 saturated heterocycles. The first-order valence-corrected chi connectivity index (χ1v) is 1.62. The lowest BCUT2D eigenvalue weighted by atomic mass is 9.05. The Kier molecular flexibility index (Phi) is 3.10. The third-order valence-electron chi connectivity index (χ3n) is 0.415. The van der Waals surface area contributed by atoms with Gasteiger partial charge in [-0.05, 0) is 0 Å². The van der Waals surface area contributed by atoms with E-state index in [-0.39, 0.29) is 6.49 Å². The Morgan fingerprint density at radius 3 is 2.33 bits per heavy atom. The predicted octanol–water partition coefficient (Wildman–Crippen LogP) is -1.38. The van der Waals surface area contributed by atoms with E-state index in [0.717, 1.165) is 6.11 Å². The molecule has 0 aliphatic rings. The van der Waals surface area contributed by atoms with Crippen molar-refractivity contribution in [3.05, 3.63) is 0 Å². The summed E-state index contributed by atoms with van der Waals surface area (Å²) in [6.07, 6.45) is 1.07. The number of hydrogen-bond acceptors (Lipinski definition) is 1. The molecule has 0 saturated carbocycles. The second-order valence-corrected chi connectivity index (χ2v) is 0.936. The molecule has 0 rings (SSSR count). The van der Waals surface area contributed by atoms with Crippen LogP contribution in [-0.2, 0) is 0 Å². The van der Waals surface area contributed by atoms with Crippen LogP contribution in [0.3, 0.4) is 0 Å². The summed E-state index contributed by atoms with van der Waals surface area (Å²) in [5.74, 6) is 0. The molecule has 6 heavy (non-hydrogen) atoms. The van der Waals surface area contributed by atoms with E-state index in [1.807, 2.05) is 0 Å². The molecule has 23 valence electrons. The molecular weight excluding hydrogens is 69.3 g/mol. The van der Waals surface area contributed by atoms with Crippen LogP contribution in [0.5, 0.6) is 0 Å².